The Balaban J connectivity index is 1.24. The summed E-state index contributed by atoms with van der Waals surface area (Å²) < 4.78 is 40.6. The van der Waals surface area contributed by atoms with Crippen LogP contribution in [0.4, 0.5) is 5.69 Å². The zero-order valence-electron chi connectivity index (χ0n) is 28.5. The molecule has 2 aliphatic heterocycles. The molecule has 13 heteroatoms. The topological polar surface area (TPSA) is 124 Å². The van der Waals surface area contributed by atoms with E-state index in [0.717, 1.165) is 49.4 Å². The first-order chi connectivity index (χ1) is 24.1. The molecule has 2 bridgehead atoms. The van der Waals surface area contributed by atoms with Gasteiger partial charge in [-0.3, -0.25) is 14.3 Å². The summed E-state index contributed by atoms with van der Waals surface area (Å²) in [6.07, 6.45) is 11.8. The Hall–Kier alpha value is -3.87. The van der Waals surface area contributed by atoms with Gasteiger partial charge in [0.05, 0.1) is 30.3 Å². The van der Waals surface area contributed by atoms with Crippen molar-refractivity contribution >= 4 is 39.0 Å². The molecule has 3 heterocycles. The van der Waals surface area contributed by atoms with Gasteiger partial charge < -0.3 is 19.1 Å². The summed E-state index contributed by atoms with van der Waals surface area (Å²) in [7, 11) is -0.0507. The molecule has 5 atom stereocenters. The third-order valence-electron chi connectivity index (χ3n) is 10.7. The summed E-state index contributed by atoms with van der Waals surface area (Å²) in [6.45, 7) is 1.59. The monoisotopic (exact) mass is 721 g/mol. The van der Waals surface area contributed by atoms with Gasteiger partial charge in [0, 0.05) is 49.3 Å². The molecule has 0 saturated heterocycles. The van der Waals surface area contributed by atoms with Gasteiger partial charge in [-0.1, -0.05) is 29.8 Å². The molecule has 4 aliphatic rings. The zero-order chi connectivity index (χ0) is 34.9. The van der Waals surface area contributed by atoms with E-state index in [9.17, 15) is 13.8 Å². The summed E-state index contributed by atoms with van der Waals surface area (Å²) in [5.74, 6) is 0.497. The van der Waals surface area contributed by atoms with Crippen molar-refractivity contribution in [3.05, 3.63) is 82.5 Å². The molecule has 2 aromatic carbocycles. The molecule has 1 fully saturated rings. The fraction of sp³-hybridized carbons (Fsp3) is 0.486. The van der Waals surface area contributed by atoms with Crippen molar-refractivity contribution in [2.24, 2.45) is 23.2 Å². The number of rotatable bonds is 5. The molecule has 1 spiro atoms. The molecule has 2 aliphatic carbocycles. The number of nitrogens with zero attached hydrogens (tertiary/aromatic N) is 4. The Bertz CT molecular complexity index is 1920. The number of fused-ring (bicyclic) bond motifs is 4. The van der Waals surface area contributed by atoms with Gasteiger partial charge in [-0.2, -0.15) is 5.10 Å². The Kier molecular flexibility index (Phi) is 9.96. The van der Waals surface area contributed by atoms with Crippen molar-refractivity contribution in [1.29, 1.82) is 0 Å². The first-order valence-electron chi connectivity index (χ1n) is 17.4. The van der Waals surface area contributed by atoms with Crippen LogP contribution in [0.25, 0.3) is 0 Å². The van der Waals surface area contributed by atoms with Gasteiger partial charge in [0.25, 0.3) is 11.8 Å². The Labute approximate surface area is 298 Å². The largest absolute Gasteiger partial charge is 0.490 e. The SMILES string of the molecule is CO[C@H]1/C=C/CCC[S@@](=O)(NC(=O)COc2ccnn2C)=NC(=O)c2ccc3c(c2)N(C[C@@H]2CC[C@H]21)C[C@@]1(CCCc2cc(Cl)ccc21)CO3. The maximum Gasteiger partial charge on any atom is 0.286 e. The number of aryl methyl sites for hydroxylation is 2. The Morgan fingerprint density at radius 2 is 2.06 bits per heavy atom. The van der Waals surface area contributed by atoms with E-state index in [1.54, 1.807) is 32.5 Å². The molecular formula is C37H44ClN5O6S. The highest BCUT2D eigenvalue weighted by atomic mass is 35.5. The zero-order valence-corrected chi connectivity index (χ0v) is 30.1. The number of hydrogen-bond donors (Lipinski definition) is 1. The summed E-state index contributed by atoms with van der Waals surface area (Å²) in [6, 6.07) is 13.1. The maximum atomic E-state index is 14.2. The Morgan fingerprint density at radius 1 is 1.18 bits per heavy atom. The predicted molar refractivity (Wildman–Crippen MR) is 192 cm³/mol. The molecule has 1 N–H and O–H groups in total. The molecule has 266 valence electrons. The normalized spacial score (nSPS) is 28.6. The second-order valence-electron chi connectivity index (χ2n) is 13.9. The number of ether oxygens (including phenoxy) is 3. The third kappa shape index (κ3) is 7.15. The van der Waals surface area contributed by atoms with Crippen LogP contribution >= 0.6 is 11.6 Å². The van der Waals surface area contributed by atoms with E-state index in [0.29, 0.717) is 49.5 Å². The fourth-order valence-electron chi connectivity index (χ4n) is 7.96. The maximum absolute atomic E-state index is 14.2. The number of amides is 2. The van der Waals surface area contributed by atoms with Crippen molar-refractivity contribution < 1.29 is 28.0 Å². The van der Waals surface area contributed by atoms with Crippen LogP contribution in [0.1, 0.15) is 60.0 Å². The van der Waals surface area contributed by atoms with Crippen LogP contribution in [0.2, 0.25) is 5.02 Å². The first-order valence-corrected chi connectivity index (χ1v) is 19.4. The van der Waals surface area contributed by atoms with E-state index >= 15 is 0 Å². The minimum absolute atomic E-state index is 0.00362. The van der Waals surface area contributed by atoms with Gasteiger partial charge in [-0.25, -0.2) is 8.89 Å². The van der Waals surface area contributed by atoms with E-state index in [2.05, 4.69) is 37.3 Å². The van der Waals surface area contributed by atoms with Gasteiger partial charge in [-0.15, -0.1) is 4.36 Å². The van der Waals surface area contributed by atoms with Crippen molar-refractivity contribution in [2.75, 3.05) is 44.1 Å². The van der Waals surface area contributed by atoms with E-state index in [4.69, 9.17) is 25.8 Å². The van der Waals surface area contributed by atoms with E-state index in [1.807, 2.05) is 24.3 Å². The number of methoxy groups -OCH3 is 1. The van der Waals surface area contributed by atoms with Gasteiger partial charge in [0.2, 0.25) is 5.88 Å². The summed E-state index contributed by atoms with van der Waals surface area (Å²) in [4.78, 5) is 29.2. The summed E-state index contributed by atoms with van der Waals surface area (Å²) in [5, 5.41) is 4.76. The number of halogens is 1. The van der Waals surface area contributed by atoms with E-state index < -0.39 is 28.3 Å². The number of anilines is 1. The highest BCUT2D eigenvalue weighted by Crippen LogP contribution is 2.47. The number of carbonyl (C=O) groups is 2. The van der Waals surface area contributed by atoms with Crippen LogP contribution < -0.4 is 19.1 Å². The molecule has 11 nitrogen and oxygen atoms in total. The highest BCUT2D eigenvalue weighted by Gasteiger charge is 2.44. The number of hydrogen-bond acceptors (Lipinski definition) is 8. The number of aromatic nitrogens is 2. The molecule has 0 radical (unpaired) electrons. The predicted octanol–water partition coefficient (Wildman–Crippen LogP) is 5.66. The average molecular weight is 722 g/mol. The lowest BCUT2D eigenvalue weighted by Gasteiger charge is -2.46. The molecule has 2 amide bonds. The molecule has 7 rings (SSSR count). The van der Waals surface area contributed by atoms with Crippen LogP contribution in [0, 0.1) is 11.8 Å². The quantitative estimate of drug-likeness (QED) is 0.335. The second kappa shape index (κ2) is 14.4. The fourth-order valence-corrected chi connectivity index (χ4v) is 9.74. The molecule has 1 aromatic heterocycles. The van der Waals surface area contributed by atoms with Gasteiger partial charge in [0.1, 0.15) is 15.7 Å². The summed E-state index contributed by atoms with van der Waals surface area (Å²) in [5.41, 5.74) is 3.36. The van der Waals surface area contributed by atoms with Crippen molar-refractivity contribution in [1.82, 2.24) is 14.5 Å². The van der Waals surface area contributed by atoms with Crippen LogP contribution in [-0.4, -0.2) is 71.1 Å². The Morgan fingerprint density at radius 3 is 2.84 bits per heavy atom. The molecule has 50 heavy (non-hydrogen) atoms. The number of nitrogens with one attached hydrogen (secondary N) is 1. The van der Waals surface area contributed by atoms with Crippen molar-refractivity contribution in [3.63, 3.8) is 0 Å². The highest BCUT2D eigenvalue weighted by molar-refractivity contribution is 7.92. The molecule has 3 aromatic rings. The smallest absolute Gasteiger partial charge is 0.286 e. The average Bonchev–Trinajstić information content (AvgIpc) is 3.43. The number of benzene rings is 2. The summed E-state index contributed by atoms with van der Waals surface area (Å²) >= 11 is 6.44. The van der Waals surface area contributed by atoms with Crippen LogP contribution in [0.15, 0.2) is 65.2 Å². The second-order valence-corrected chi connectivity index (χ2v) is 16.4. The third-order valence-corrected chi connectivity index (χ3v) is 12.7. The molecule has 0 unspecified atom stereocenters. The minimum atomic E-state index is -3.49. The lowest BCUT2D eigenvalue weighted by molar-refractivity contribution is -0.121. The standard InChI is InChI=1S/C37H44ClN5O6S/c1-42-35(15-17-39-42)48-22-34(44)40-50(46)18-5-3-4-8-32(47-2)29-12-9-27(29)21-43-23-37(16-6-7-25-19-28(38)11-13-30(25)37)24-49-33-14-10-26(20-31(33)43)36(45)41-50/h4,8,10-11,13-15,17,19-20,27,29,32H,3,5-7,9,12,16,18,21-24H2,1-2H3,(H,40,41,44,45,46)/b8-4+/t27-,29+,32-,37-,50+/m0/s1. The lowest BCUT2D eigenvalue weighted by Crippen LogP contribution is -2.49. The lowest BCUT2D eigenvalue weighted by atomic mass is 9.68. The molecular weight excluding hydrogens is 678 g/mol. The van der Waals surface area contributed by atoms with Crippen LogP contribution in [-0.2, 0) is 38.3 Å². The van der Waals surface area contributed by atoms with Crippen LogP contribution in [0.5, 0.6) is 11.6 Å². The number of carbonyl (C=O) groups excluding carboxylic acids is 2. The van der Waals surface area contributed by atoms with E-state index in [-0.39, 0.29) is 22.8 Å². The van der Waals surface area contributed by atoms with Crippen molar-refractivity contribution in [3.8, 4) is 11.6 Å². The van der Waals surface area contributed by atoms with Gasteiger partial charge in [-0.05, 0) is 98.2 Å². The van der Waals surface area contributed by atoms with Gasteiger partial charge in [0.15, 0.2) is 6.61 Å². The van der Waals surface area contributed by atoms with Gasteiger partial charge >= 0.3 is 0 Å². The number of allylic oxidation sites excluding steroid dienone is 1. The van der Waals surface area contributed by atoms with E-state index in [1.165, 1.54) is 15.8 Å². The first kappa shape index (κ1) is 34.6. The minimum Gasteiger partial charge on any atom is -0.490 e. The van der Waals surface area contributed by atoms with Crippen LogP contribution in [0.3, 0.4) is 0 Å². The molecule has 1 saturated carbocycles. The van der Waals surface area contributed by atoms with Crippen molar-refractivity contribution in [2.45, 2.75) is 56.5 Å².